The molecule has 0 bridgehead atoms. The Morgan fingerprint density at radius 2 is 1.87 bits per heavy atom. The van der Waals surface area contributed by atoms with Gasteiger partial charge in [0.1, 0.15) is 11.5 Å². The summed E-state index contributed by atoms with van der Waals surface area (Å²) in [6.45, 7) is 2.33. The van der Waals surface area contributed by atoms with Gasteiger partial charge in [0.15, 0.2) is 6.10 Å². The molecule has 0 radical (unpaired) electrons. The van der Waals surface area contributed by atoms with Crippen molar-refractivity contribution in [3.8, 4) is 11.5 Å². The van der Waals surface area contributed by atoms with Crippen LogP contribution in [0, 0.1) is 0 Å². The van der Waals surface area contributed by atoms with E-state index in [1.54, 1.807) is 19.2 Å². The lowest BCUT2D eigenvalue weighted by atomic mass is 10.2. The molecular weight excluding hydrogens is 314 g/mol. The molecule has 1 atom stereocenters. The monoisotopic (exact) mass is 333 g/mol. The fourth-order valence-corrected chi connectivity index (χ4v) is 2.24. The largest absolute Gasteiger partial charge is 0.497 e. The molecule has 4 nitrogen and oxygen atoms in total. The molecule has 122 valence electrons. The Morgan fingerprint density at radius 1 is 1.17 bits per heavy atom. The standard InChI is InChI=1S/C18H20ClNO3/c1-3-16(23-17-7-5-4-6-15(17)19)18(21)20-12-13-8-10-14(22-2)11-9-13/h4-11,16H,3,12H2,1-2H3,(H,20,21)/t16-/m0/s1. The highest BCUT2D eigenvalue weighted by Gasteiger charge is 2.19. The lowest BCUT2D eigenvalue weighted by molar-refractivity contribution is -0.128. The molecule has 0 heterocycles. The second kappa shape index (κ2) is 8.44. The van der Waals surface area contributed by atoms with Crippen molar-refractivity contribution in [2.24, 2.45) is 0 Å². The highest BCUT2D eigenvalue weighted by atomic mass is 35.5. The van der Waals surface area contributed by atoms with Crippen LogP contribution in [0.1, 0.15) is 18.9 Å². The molecule has 0 aliphatic heterocycles. The molecule has 23 heavy (non-hydrogen) atoms. The van der Waals surface area contributed by atoms with E-state index in [4.69, 9.17) is 21.1 Å². The molecule has 0 aliphatic rings. The quantitative estimate of drug-likeness (QED) is 0.837. The van der Waals surface area contributed by atoms with Crippen molar-refractivity contribution >= 4 is 17.5 Å². The number of nitrogens with one attached hydrogen (secondary N) is 1. The lowest BCUT2D eigenvalue weighted by Gasteiger charge is -2.18. The lowest BCUT2D eigenvalue weighted by Crippen LogP contribution is -2.37. The van der Waals surface area contributed by atoms with Crippen LogP contribution >= 0.6 is 11.6 Å². The summed E-state index contributed by atoms with van der Waals surface area (Å²) in [4.78, 5) is 12.3. The number of carbonyl (C=O) groups excluding carboxylic acids is 1. The van der Waals surface area contributed by atoms with E-state index in [0.29, 0.717) is 23.7 Å². The number of amides is 1. The molecule has 2 aromatic carbocycles. The van der Waals surface area contributed by atoms with Crippen LogP contribution in [0.15, 0.2) is 48.5 Å². The van der Waals surface area contributed by atoms with Crippen molar-refractivity contribution in [1.29, 1.82) is 0 Å². The SMILES string of the molecule is CC[C@H](Oc1ccccc1Cl)C(=O)NCc1ccc(OC)cc1. The van der Waals surface area contributed by atoms with Crippen LogP contribution in [0.5, 0.6) is 11.5 Å². The third kappa shape index (κ3) is 4.89. The zero-order valence-electron chi connectivity index (χ0n) is 13.2. The molecule has 2 rings (SSSR count). The fraction of sp³-hybridized carbons (Fsp3) is 0.278. The molecular formula is C18H20ClNO3. The van der Waals surface area contributed by atoms with E-state index in [1.165, 1.54) is 0 Å². The van der Waals surface area contributed by atoms with Crippen LogP contribution in [0.2, 0.25) is 5.02 Å². The summed E-state index contributed by atoms with van der Waals surface area (Å²) in [5, 5.41) is 3.37. The normalized spacial score (nSPS) is 11.6. The Morgan fingerprint density at radius 3 is 2.48 bits per heavy atom. The number of rotatable bonds is 7. The molecule has 0 saturated heterocycles. The first-order valence-corrected chi connectivity index (χ1v) is 7.83. The number of hydrogen-bond donors (Lipinski definition) is 1. The highest BCUT2D eigenvalue weighted by molar-refractivity contribution is 6.32. The van der Waals surface area contributed by atoms with Gasteiger partial charge < -0.3 is 14.8 Å². The van der Waals surface area contributed by atoms with Crippen LogP contribution in [0.25, 0.3) is 0 Å². The van der Waals surface area contributed by atoms with Gasteiger partial charge in [-0.2, -0.15) is 0 Å². The summed E-state index contributed by atoms with van der Waals surface area (Å²) in [5.74, 6) is 1.14. The number of halogens is 1. The number of hydrogen-bond acceptors (Lipinski definition) is 3. The Bertz CT molecular complexity index is 643. The van der Waals surface area contributed by atoms with Crippen LogP contribution in [0.3, 0.4) is 0 Å². The van der Waals surface area contributed by atoms with Gasteiger partial charge in [0.25, 0.3) is 5.91 Å². The first-order chi connectivity index (χ1) is 11.1. The van der Waals surface area contributed by atoms with E-state index >= 15 is 0 Å². The number of methoxy groups -OCH3 is 1. The molecule has 1 amide bonds. The van der Waals surface area contributed by atoms with Crippen molar-refractivity contribution in [2.75, 3.05) is 7.11 Å². The van der Waals surface area contributed by atoms with E-state index in [0.717, 1.165) is 11.3 Å². The maximum Gasteiger partial charge on any atom is 0.261 e. The van der Waals surface area contributed by atoms with E-state index in [-0.39, 0.29) is 5.91 Å². The van der Waals surface area contributed by atoms with Gasteiger partial charge in [0, 0.05) is 6.54 Å². The van der Waals surface area contributed by atoms with Gasteiger partial charge in [-0.15, -0.1) is 0 Å². The first-order valence-electron chi connectivity index (χ1n) is 7.46. The van der Waals surface area contributed by atoms with Crippen LogP contribution in [-0.4, -0.2) is 19.1 Å². The third-order valence-electron chi connectivity index (χ3n) is 3.39. The summed E-state index contributed by atoms with van der Waals surface area (Å²) in [6, 6.07) is 14.7. The summed E-state index contributed by atoms with van der Waals surface area (Å²) in [6.07, 6.45) is -0.0206. The van der Waals surface area contributed by atoms with E-state index < -0.39 is 6.10 Å². The Labute approximate surface area is 141 Å². The minimum absolute atomic E-state index is 0.164. The van der Waals surface area contributed by atoms with Crippen LogP contribution in [0.4, 0.5) is 0 Å². The average molecular weight is 334 g/mol. The van der Waals surface area contributed by atoms with Crippen LogP contribution in [-0.2, 0) is 11.3 Å². The predicted molar refractivity (Wildman–Crippen MR) is 91.0 cm³/mol. The third-order valence-corrected chi connectivity index (χ3v) is 3.71. The van der Waals surface area contributed by atoms with Crippen molar-refractivity contribution in [3.05, 3.63) is 59.1 Å². The number of para-hydroxylation sites is 1. The van der Waals surface area contributed by atoms with Gasteiger partial charge in [0.05, 0.1) is 12.1 Å². The van der Waals surface area contributed by atoms with E-state index in [9.17, 15) is 4.79 Å². The number of carbonyl (C=O) groups is 1. The van der Waals surface area contributed by atoms with Gasteiger partial charge in [-0.1, -0.05) is 42.8 Å². The van der Waals surface area contributed by atoms with Crippen LogP contribution < -0.4 is 14.8 Å². The number of ether oxygens (including phenoxy) is 2. The summed E-state index contributed by atoms with van der Waals surface area (Å²) in [7, 11) is 1.62. The van der Waals surface area contributed by atoms with Crippen molar-refractivity contribution in [3.63, 3.8) is 0 Å². The topological polar surface area (TPSA) is 47.6 Å². The first kappa shape index (κ1) is 17.2. The predicted octanol–water partition coefficient (Wildman–Crippen LogP) is 3.82. The fourth-order valence-electron chi connectivity index (χ4n) is 2.06. The molecule has 0 aliphatic carbocycles. The zero-order chi connectivity index (χ0) is 16.7. The Hall–Kier alpha value is -2.20. The minimum Gasteiger partial charge on any atom is -0.497 e. The molecule has 0 fully saturated rings. The maximum absolute atomic E-state index is 12.3. The van der Waals surface area contributed by atoms with Gasteiger partial charge >= 0.3 is 0 Å². The molecule has 5 heteroatoms. The van der Waals surface area contributed by atoms with Crippen molar-refractivity contribution in [1.82, 2.24) is 5.32 Å². The van der Waals surface area contributed by atoms with Crippen molar-refractivity contribution in [2.45, 2.75) is 26.0 Å². The second-order valence-electron chi connectivity index (χ2n) is 5.01. The maximum atomic E-state index is 12.3. The zero-order valence-corrected chi connectivity index (χ0v) is 14.0. The highest BCUT2D eigenvalue weighted by Crippen LogP contribution is 2.24. The molecule has 0 aromatic heterocycles. The number of benzene rings is 2. The summed E-state index contributed by atoms with van der Waals surface area (Å²) >= 11 is 6.06. The molecule has 1 N–H and O–H groups in total. The Balaban J connectivity index is 1.93. The molecule has 0 saturated carbocycles. The van der Waals surface area contributed by atoms with Gasteiger partial charge in [-0.25, -0.2) is 0 Å². The average Bonchev–Trinajstić information content (AvgIpc) is 2.59. The van der Waals surface area contributed by atoms with Gasteiger partial charge in [-0.3, -0.25) is 4.79 Å². The van der Waals surface area contributed by atoms with Gasteiger partial charge in [-0.05, 0) is 36.2 Å². The molecule has 0 spiro atoms. The second-order valence-corrected chi connectivity index (χ2v) is 5.42. The van der Waals surface area contributed by atoms with Crippen molar-refractivity contribution < 1.29 is 14.3 Å². The van der Waals surface area contributed by atoms with Gasteiger partial charge in [0.2, 0.25) is 0 Å². The summed E-state index contributed by atoms with van der Waals surface area (Å²) < 4.78 is 10.8. The molecule has 0 unspecified atom stereocenters. The van der Waals surface area contributed by atoms with E-state index in [2.05, 4.69) is 5.32 Å². The van der Waals surface area contributed by atoms with E-state index in [1.807, 2.05) is 43.3 Å². The smallest absolute Gasteiger partial charge is 0.261 e. The Kier molecular flexibility index (Phi) is 6.29. The summed E-state index contributed by atoms with van der Waals surface area (Å²) in [5.41, 5.74) is 0.992. The minimum atomic E-state index is -0.576. The molecule has 2 aromatic rings.